The SMILES string of the molecule is O=c1[nH]ncn1CC(O)c1ccsc1. The highest BCUT2D eigenvalue weighted by atomic mass is 32.1. The first kappa shape index (κ1) is 9.17. The lowest BCUT2D eigenvalue weighted by atomic mass is 10.2. The maximum atomic E-state index is 11.1. The third-order valence-electron chi connectivity index (χ3n) is 1.92. The molecule has 74 valence electrons. The highest BCUT2D eigenvalue weighted by molar-refractivity contribution is 7.07. The summed E-state index contributed by atoms with van der Waals surface area (Å²) < 4.78 is 1.34. The van der Waals surface area contributed by atoms with Crippen LogP contribution in [0, 0.1) is 0 Å². The van der Waals surface area contributed by atoms with Crippen LogP contribution in [0.4, 0.5) is 0 Å². The molecule has 0 aliphatic rings. The minimum absolute atomic E-state index is 0.228. The standard InChI is InChI=1S/C8H9N3O2S/c12-7(6-1-2-14-4-6)3-11-5-9-10-8(11)13/h1-2,4-5,7,12H,3H2,(H,10,13). The molecule has 2 aromatic rings. The van der Waals surface area contributed by atoms with Crippen molar-refractivity contribution in [2.75, 3.05) is 0 Å². The summed E-state index contributed by atoms with van der Waals surface area (Å²) in [6.45, 7) is 0.228. The van der Waals surface area contributed by atoms with Gasteiger partial charge in [0, 0.05) is 0 Å². The van der Waals surface area contributed by atoms with Gasteiger partial charge in [0.2, 0.25) is 0 Å². The number of H-pyrrole nitrogens is 1. The van der Waals surface area contributed by atoms with Gasteiger partial charge in [-0.3, -0.25) is 4.57 Å². The molecule has 1 atom stereocenters. The van der Waals surface area contributed by atoms with Crippen LogP contribution in [0.2, 0.25) is 0 Å². The Balaban J connectivity index is 2.13. The molecule has 2 rings (SSSR count). The molecule has 0 aromatic carbocycles. The van der Waals surface area contributed by atoms with Crippen LogP contribution in [0.25, 0.3) is 0 Å². The maximum Gasteiger partial charge on any atom is 0.343 e. The summed E-state index contributed by atoms with van der Waals surface area (Å²) in [4.78, 5) is 11.1. The van der Waals surface area contributed by atoms with Crippen molar-refractivity contribution in [1.82, 2.24) is 14.8 Å². The van der Waals surface area contributed by atoms with Gasteiger partial charge in [0.05, 0.1) is 12.6 Å². The zero-order valence-corrected chi connectivity index (χ0v) is 8.07. The van der Waals surface area contributed by atoms with Gasteiger partial charge in [-0.05, 0) is 22.4 Å². The molecule has 5 nitrogen and oxygen atoms in total. The van der Waals surface area contributed by atoms with Gasteiger partial charge < -0.3 is 5.11 Å². The van der Waals surface area contributed by atoms with Crippen molar-refractivity contribution >= 4 is 11.3 Å². The Labute approximate surface area is 83.6 Å². The number of aliphatic hydroxyl groups excluding tert-OH is 1. The monoisotopic (exact) mass is 211 g/mol. The molecule has 0 aliphatic heterocycles. The Bertz CT molecular complexity index is 445. The van der Waals surface area contributed by atoms with Crippen molar-refractivity contribution in [2.24, 2.45) is 0 Å². The fourth-order valence-electron chi connectivity index (χ4n) is 1.16. The van der Waals surface area contributed by atoms with E-state index in [1.165, 1.54) is 22.2 Å². The average Bonchev–Trinajstić information content (AvgIpc) is 2.77. The first-order chi connectivity index (χ1) is 6.77. The average molecular weight is 211 g/mol. The van der Waals surface area contributed by atoms with E-state index in [4.69, 9.17) is 0 Å². The Morgan fingerprint density at radius 3 is 3.14 bits per heavy atom. The van der Waals surface area contributed by atoms with Gasteiger partial charge in [0.25, 0.3) is 0 Å². The van der Waals surface area contributed by atoms with Crippen LogP contribution in [-0.4, -0.2) is 19.9 Å². The van der Waals surface area contributed by atoms with E-state index < -0.39 is 6.10 Å². The summed E-state index contributed by atoms with van der Waals surface area (Å²) in [5.74, 6) is 0. The fraction of sp³-hybridized carbons (Fsp3) is 0.250. The van der Waals surface area contributed by atoms with Crippen molar-refractivity contribution in [3.63, 3.8) is 0 Å². The molecule has 6 heteroatoms. The van der Waals surface area contributed by atoms with Gasteiger partial charge >= 0.3 is 5.69 Å². The predicted octanol–water partition coefficient (Wildman–Crippen LogP) is 0.366. The molecular formula is C8H9N3O2S. The van der Waals surface area contributed by atoms with Crippen LogP contribution < -0.4 is 5.69 Å². The Hall–Kier alpha value is -1.40. The highest BCUT2D eigenvalue weighted by Gasteiger charge is 2.09. The lowest BCUT2D eigenvalue weighted by Crippen LogP contribution is -2.19. The number of nitrogens with one attached hydrogen (secondary N) is 1. The lowest BCUT2D eigenvalue weighted by molar-refractivity contribution is 0.155. The van der Waals surface area contributed by atoms with Gasteiger partial charge in [-0.1, -0.05) is 0 Å². The Morgan fingerprint density at radius 1 is 1.71 bits per heavy atom. The Kier molecular flexibility index (Phi) is 2.47. The molecule has 0 saturated carbocycles. The second-order valence-corrected chi connectivity index (χ2v) is 3.67. The van der Waals surface area contributed by atoms with Crippen LogP contribution in [0.3, 0.4) is 0 Å². The summed E-state index contributed by atoms with van der Waals surface area (Å²) in [6, 6.07) is 1.83. The van der Waals surface area contributed by atoms with Crippen LogP contribution in [0.1, 0.15) is 11.7 Å². The quantitative estimate of drug-likeness (QED) is 0.770. The third-order valence-corrected chi connectivity index (χ3v) is 2.62. The summed E-state index contributed by atoms with van der Waals surface area (Å²) in [6.07, 6.45) is 0.717. The van der Waals surface area contributed by atoms with Gasteiger partial charge in [0.1, 0.15) is 6.33 Å². The van der Waals surface area contributed by atoms with E-state index in [2.05, 4.69) is 10.2 Å². The van der Waals surface area contributed by atoms with Crippen LogP contribution in [0.5, 0.6) is 0 Å². The van der Waals surface area contributed by atoms with E-state index in [0.29, 0.717) is 0 Å². The number of aromatic nitrogens is 3. The molecule has 0 bridgehead atoms. The molecule has 0 aliphatic carbocycles. The largest absolute Gasteiger partial charge is 0.387 e. The van der Waals surface area contributed by atoms with E-state index in [9.17, 15) is 9.90 Å². The zero-order chi connectivity index (χ0) is 9.97. The normalized spacial score (nSPS) is 12.9. The van der Waals surface area contributed by atoms with Gasteiger partial charge in [-0.25, -0.2) is 9.89 Å². The number of nitrogens with zero attached hydrogens (tertiary/aromatic N) is 2. The minimum atomic E-state index is -0.656. The van der Waals surface area contributed by atoms with Gasteiger partial charge in [-0.15, -0.1) is 0 Å². The highest BCUT2D eigenvalue weighted by Crippen LogP contribution is 2.16. The molecular weight excluding hydrogens is 202 g/mol. The summed E-state index contributed by atoms with van der Waals surface area (Å²) in [5.41, 5.74) is 0.516. The topological polar surface area (TPSA) is 70.9 Å². The summed E-state index contributed by atoms with van der Waals surface area (Å²) >= 11 is 1.51. The van der Waals surface area contributed by atoms with E-state index in [-0.39, 0.29) is 12.2 Å². The number of aliphatic hydroxyl groups is 1. The number of rotatable bonds is 3. The molecule has 2 heterocycles. The second-order valence-electron chi connectivity index (χ2n) is 2.89. The molecule has 0 saturated heterocycles. The third kappa shape index (κ3) is 1.75. The second kappa shape index (κ2) is 3.77. The number of hydrogen-bond donors (Lipinski definition) is 2. The van der Waals surface area contributed by atoms with E-state index in [1.54, 1.807) is 0 Å². The van der Waals surface area contributed by atoms with Crippen molar-refractivity contribution in [3.05, 3.63) is 39.2 Å². The van der Waals surface area contributed by atoms with E-state index in [1.807, 2.05) is 16.8 Å². The summed E-state index contributed by atoms with van der Waals surface area (Å²) in [7, 11) is 0. The number of thiophene rings is 1. The molecule has 2 aromatic heterocycles. The lowest BCUT2D eigenvalue weighted by Gasteiger charge is -2.07. The van der Waals surface area contributed by atoms with Gasteiger partial charge in [-0.2, -0.15) is 16.4 Å². The Morgan fingerprint density at radius 2 is 2.57 bits per heavy atom. The zero-order valence-electron chi connectivity index (χ0n) is 7.25. The van der Waals surface area contributed by atoms with Crippen LogP contribution in [-0.2, 0) is 6.54 Å². The first-order valence-corrected chi connectivity index (χ1v) is 5.01. The van der Waals surface area contributed by atoms with Crippen molar-refractivity contribution in [3.8, 4) is 0 Å². The molecule has 0 radical (unpaired) electrons. The minimum Gasteiger partial charge on any atom is -0.387 e. The molecule has 1 unspecified atom stereocenters. The molecule has 2 N–H and O–H groups in total. The van der Waals surface area contributed by atoms with E-state index >= 15 is 0 Å². The molecule has 0 amide bonds. The van der Waals surface area contributed by atoms with Crippen LogP contribution in [0.15, 0.2) is 27.9 Å². The predicted molar refractivity (Wildman–Crippen MR) is 52.1 cm³/mol. The smallest absolute Gasteiger partial charge is 0.343 e. The molecule has 14 heavy (non-hydrogen) atoms. The van der Waals surface area contributed by atoms with Crippen molar-refractivity contribution < 1.29 is 5.11 Å². The van der Waals surface area contributed by atoms with Gasteiger partial charge in [0.15, 0.2) is 0 Å². The molecule has 0 spiro atoms. The fourth-order valence-corrected chi connectivity index (χ4v) is 1.86. The number of aromatic amines is 1. The van der Waals surface area contributed by atoms with Crippen molar-refractivity contribution in [1.29, 1.82) is 0 Å². The van der Waals surface area contributed by atoms with E-state index in [0.717, 1.165) is 5.56 Å². The van der Waals surface area contributed by atoms with Crippen LogP contribution >= 0.6 is 11.3 Å². The maximum absolute atomic E-state index is 11.1. The molecule has 0 fully saturated rings. The van der Waals surface area contributed by atoms with Crippen molar-refractivity contribution in [2.45, 2.75) is 12.6 Å². The number of hydrogen-bond acceptors (Lipinski definition) is 4. The summed E-state index contributed by atoms with van der Waals surface area (Å²) in [5, 5.41) is 19.3. The first-order valence-electron chi connectivity index (χ1n) is 4.07.